The molecular weight excluding hydrogens is 232 g/mol. The van der Waals surface area contributed by atoms with Gasteiger partial charge in [0.05, 0.1) is 7.11 Å². The molecule has 4 nitrogen and oxygen atoms in total. The summed E-state index contributed by atoms with van der Waals surface area (Å²) in [7, 11) is 1.57. The molecule has 86 valence electrons. The van der Waals surface area contributed by atoms with E-state index in [9.17, 15) is 9.59 Å². The van der Waals surface area contributed by atoms with Gasteiger partial charge in [0.2, 0.25) is 5.24 Å². The SMILES string of the molecule is COc1ccc(COC(=O)CC(=O)Cl)cc1. The van der Waals surface area contributed by atoms with Crippen molar-refractivity contribution in [3.63, 3.8) is 0 Å². The average molecular weight is 243 g/mol. The number of esters is 1. The second-order valence-corrected chi connectivity index (χ2v) is 3.46. The predicted molar refractivity (Wildman–Crippen MR) is 58.3 cm³/mol. The third kappa shape index (κ3) is 4.31. The number of ether oxygens (including phenoxy) is 2. The molecule has 0 N–H and O–H groups in total. The Morgan fingerprint density at radius 2 is 1.88 bits per heavy atom. The standard InChI is InChI=1S/C11H11ClO4/c1-15-9-4-2-8(3-5-9)7-16-11(14)6-10(12)13/h2-5H,6-7H2,1H3. The Morgan fingerprint density at radius 1 is 1.25 bits per heavy atom. The van der Waals surface area contributed by atoms with Gasteiger partial charge in [-0.1, -0.05) is 12.1 Å². The quantitative estimate of drug-likeness (QED) is 0.450. The van der Waals surface area contributed by atoms with Gasteiger partial charge in [-0.25, -0.2) is 0 Å². The molecule has 0 saturated carbocycles. The van der Waals surface area contributed by atoms with E-state index in [1.165, 1.54) is 0 Å². The van der Waals surface area contributed by atoms with E-state index in [1.807, 2.05) is 0 Å². The number of hydrogen-bond acceptors (Lipinski definition) is 4. The van der Waals surface area contributed by atoms with E-state index in [0.29, 0.717) is 0 Å². The molecule has 0 bridgehead atoms. The lowest BCUT2D eigenvalue weighted by Crippen LogP contribution is -2.07. The number of carbonyl (C=O) groups excluding carboxylic acids is 2. The van der Waals surface area contributed by atoms with Gasteiger partial charge in [0.25, 0.3) is 0 Å². The summed E-state index contributed by atoms with van der Waals surface area (Å²) in [5.74, 6) is 0.0989. The molecule has 0 amide bonds. The molecule has 0 heterocycles. The molecule has 5 heteroatoms. The highest BCUT2D eigenvalue weighted by atomic mass is 35.5. The molecule has 0 aromatic heterocycles. The zero-order valence-electron chi connectivity index (χ0n) is 8.73. The van der Waals surface area contributed by atoms with Crippen molar-refractivity contribution in [2.45, 2.75) is 13.0 Å². The Bertz CT molecular complexity index is 372. The summed E-state index contributed by atoms with van der Waals surface area (Å²) in [5, 5.41) is -0.722. The number of halogens is 1. The highest BCUT2D eigenvalue weighted by molar-refractivity contribution is 6.64. The maximum Gasteiger partial charge on any atom is 0.314 e. The maximum atomic E-state index is 11.0. The number of rotatable bonds is 5. The second kappa shape index (κ2) is 6.12. The molecule has 1 aromatic rings. The third-order valence-corrected chi connectivity index (χ3v) is 1.98. The second-order valence-electron chi connectivity index (χ2n) is 3.04. The number of carbonyl (C=O) groups is 2. The molecule has 16 heavy (non-hydrogen) atoms. The molecule has 0 aliphatic carbocycles. The largest absolute Gasteiger partial charge is 0.497 e. The summed E-state index contributed by atoms with van der Waals surface area (Å²) in [6.07, 6.45) is -0.405. The number of methoxy groups -OCH3 is 1. The summed E-state index contributed by atoms with van der Waals surface area (Å²) in [5.41, 5.74) is 0.816. The molecule has 0 radical (unpaired) electrons. The minimum atomic E-state index is -0.722. The monoisotopic (exact) mass is 242 g/mol. The van der Waals surface area contributed by atoms with Crippen molar-refractivity contribution in [2.24, 2.45) is 0 Å². The Morgan fingerprint density at radius 3 is 2.38 bits per heavy atom. The fourth-order valence-electron chi connectivity index (χ4n) is 1.05. The Hall–Kier alpha value is -1.55. The molecule has 0 spiro atoms. The maximum absolute atomic E-state index is 11.0. The van der Waals surface area contributed by atoms with Gasteiger partial charge in [-0.15, -0.1) is 0 Å². The van der Waals surface area contributed by atoms with E-state index in [4.69, 9.17) is 21.1 Å². The molecule has 1 aromatic carbocycles. The fourth-order valence-corrected chi connectivity index (χ4v) is 1.16. The van der Waals surface area contributed by atoms with Crippen LogP contribution in [0.15, 0.2) is 24.3 Å². The van der Waals surface area contributed by atoms with Crippen molar-refractivity contribution in [1.29, 1.82) is 0 Å². The van der Waals surface area contributed by atoms with Crippen molar-refractivity contribution in [3.8, 4) is 5.75 Å². The van der Waals surface area contributed by atoms with Crippen LogP contribution < -0.4 is 4.74 Å². The first-order valence-corrected chi connectivity index (χ1v) is 4.96. The van der Waals surface area contributed by atoms with Crippen LogP contribution in [0.1, 0.15) is 12.0 Å². The van der Waals surface area contributed by atoms with Crippen LogP contribution in [0.4, 0.5) is 0 Å². The molecule has 0 aliphatic rings. The van der Waals surface area contributed by atoms with Crippen LogP contribution >= 0.6 is 11.6 Å². The van der Waals surface area contributed by atoms with E-state index < -0.39 is 17.6 Å². The first-order chi connectivity index (χ1) is 7.61. The van der Waals surface area contributed by atoms with Gasteiger partial charge in [0.1, 0.15) is 18.8 Å². The minimum absolute atomic E-state index is 0.118. The average Bonchev–Trinajstić information content (AvgIpc) is 2.26. The van der Waals surface area contributed by atoms with Crippen LogP contribution in [-0.4, -0.2) is 18.3 Å². The van der Waals surface area contributed by atoms with Crippen LogP contribution in [-0.2, 0) is 20.9 Å². The van der Waals surface area contributed by atoms with Crippen molar-refractivity contribution in [2.75, 3.05) is 7.11 Å². The van der Waals surface area contributed by atoms with Crippen molar-refractivity contribution >= 4 is 22.8 Å². The summed E-state index contributed by atoms with van der Waals surface area (Å²) in [6.45, 7) is 0.118. The Labute approximate surface area is 98.1 Å². The highest BCUT2D eigenvalue weighted by Crippen LogP contribution is 2.12. The van der Waals surface area contributed by atoms with Crippen LogP contribution in [0.3, 0.4) is 0 Å². The first kappa shape index (κ1) is 12.5. The molecule has 0 aliphatic heterocycles. The van der Waals surface area contributed by atoms with Gasteiger partial charge in [0.15, 0.2) is 0 Å². The van der Waals surface area contributed by atoms with E-state index in [-0.39, 0.29) is 6.61 Å². The molecule has 0 fully saturated rings. The Balaban J connectivity index is 2.42. The smallest absolute Gasteiger partial charge is 0.314 e. The van der Waals surface area contributed by atoms with Gasteiger partial charge in [-0.3, -0.25) is 9.59 Å². The lowest BCUT2D eigenvalue weighted by molar-refractivity contribution is -0.146. The van der Waals surface area contributed by atoms with Crippen molar-refractivity contribution < 1.29 is 19.1 Å². The summed E-state index contributed by atoms with van der Waals surface area (Å²) < 4.78 is 9.80. The lowest BCUT2D eigenvalue weighted by Gasteiger charge is -2.04. The van der Waals surface area contributed by atoms with E-state index in [2.05, 4.69) is 0 Å². The first-order valence-electron chi connectivity index (χ1n) is 4.58. The molecule has 0 saturated heterocycles. The topological polar surface area (TPSA) is 52.6 Å². The fraction of sp³-hybridized carbons (Fsp3) is 0.273. The highest BCUT2D eigenvalue weighted by Gasteiger charge is 2.07. The minimum Gasteiger partial charge on any atom is -0.497 e. The Kier molecular flexibility index (Phi) is 4.79. The third-order valence-electron chi connectivity index (χ3n) is 1.84. The summed E-state index contributed by atoms with van der Waals surface area (Å²) in [4.78, 5) is 21.4. The van der Waals surface area contributed by atoms with Crippen molar-refractivity contribution in [3.05, 3.63) is 29.8 Å². The molecule has 1 rings (SSSR count). The zero-order chi connectivity index (χ0) is 12.0. The van der Waals surface area contributed by atoms with E-state index in [1.54, 1.807) is 31.4 Å². The van der Waals surface area contributed by atoms with Crippen LogP contribution in [0.5, 0.6) is 5.75 Å². The molecule has 0 atom stereocenters. The van der Waals surface area contributed by atoms with E-state index >= 15 is 0 Å². The van der Waals surface area contributed by atoms with Gasteiger partial charge < -0.3 is 9.47 Å². The normalized spacial score (nSPS) is 9.62. The molecule has 0 unspecified atom stereocenters. The van der Waals surface area contributed by atoms with Crippen LogP contribution in [0.2, 0.25) is 0 Å². The number of benzene rings is 1. The summed E-state index contributed by atoms with van der Waals surface area (Å²) >= 11 is 5.04. The zero-order valence-corrected chi connectivity index (χ0v) is 9.49. The summed E-state index contributed by atoms with van der Waals surface area (Å²) in [6, 6.07) is 7.06. The van der Waals surface area contributed by atoms with Gasteiger partial charge in [0, 0.05) is 0 Å². The van der Waals surface area contributed by atoms with E-state index in [0.717, 1.165) is 11.3 Å². The van der Waals surface area contributed by atoms with Crippen molar-refractivity contribution in [1.82, 2.24) is 0 Å². The van der Waals surface area contributed by atoms with Crippen LogP contribution in [0.25, 0.3) is 0 Å². The van der Waals surface area contributed by atoms with Gasteiger partial charge >= 0.3 is 5.97 Å². The van der Waals surface area contributed by atoms with Gasteiger partial charge in [-0.2, -0.15) is 0 Å². The van der Waals surface area contributed by atoms with Crippen LogP contribution in [0, 0.1) is 0 Å². The molecular formula is C11H11ClO4. The lowest BCUT2D eigenvalue weighted by atomic mass is 10.2. The predicted octanol–water partition coefficient (Wildman–Crippen LogP) is 1.89. The number of hydrogen-bond donors (Lipinski definition) is 0. The van der Waals surface area contributed by atoms with Gasteiger partial charge in [-0.05, 0) is 29.3 Å².